The Kier molecular flexibility index (Phi) is 7.38. The van der Waals surface area contributed by atoms with Gasteiger partial charge in [0.2, 0.25) is 10.0 Å². The van der Waals surface area contributed by atoms with Gasteiger partial charge in [0.1, 0.15) is 0 Å². The first kappa shape index (κ1) is 24.9. The topological polar surface area (TPSA) is 116 Å². The van der Waals surface area contributed by atoms with E-state index in [0.29, 0.717) is 22.6 Å². The van der Waals surface area contributed by atoms with Crippen LogP contribution in [0.15, 0.2) is 77.7 Å². The number of para-hydroxylation sites is 1. The Morgan fingerprint density at radius 1 is 0.735 bits per heavy atom. The molecule has 3 rings (SSSR count). The average Bonchev–Trinajstić information content (AvgIpc) is 2.74. The number of anilines is 3. The monoisotopic (exact) mass is 480 g/mol. The van der Waals surface area contributed by atoms with Crippen LogP contribution in [0.2, 0.25) is 0 Å². The van der Waals surface area contributed by atoms with Gasteiger partial charge in [0.05, 0.1) is 4.90 Å². The number of benzene rings is 3. The molecule has 9 heteroatoms. The summed E-state index contributed by atoms with van der Waals surface area (Å²) in [5.41, 5.74) is 1.95. The Labute approximate surface area is 199 Å². The standard InChI is InChI=1S/C25H28N4O4S/c1-17-10-15-21(34(32,33)29-25(2,3)4)16-22(17)23(30)26-19-11-13-20(14-12-19)28-24(31)27-18-8-6-5-7-9-18/h5-16,29H,1-4H3,(H,26,30)(H2,27,28,31). The molecule has 3 aromatic carbocycles. The van der Waals surface area contributed by atoms with E-state index in [1.807, 2.05) is 18.2 Å². The molecule has 0 spiro atoms. The van der Waals surface area contributed by atoms with Crippen molar-refractivity contribution in [2.75, 3.05) is 16.0 Å². The molecular formula is C25H28N4O4S. The van der Waals surface area contributed by atoms with Gasteiger partial charge in [-0.25, -0.2) is 17.9 Å². The highest BCUT2D eigenvalue weighted by Gasteiger charge is 2.23. The number of hydrogen-bond acceptors (Lipinski definition) is 4. The zero-order valence-electron chi connectivity index (χ0n) is 19.5. The Morgan fingerprint density at radius 2 is 1.26 bits per heavy atom. The predicted molar refractivity (Wildman–Crippen MR) is 135 cm³/mol. The van der Waals surface area contributed by atoms with Crippen LogP contribution in [0, 0.1) is 6.92 Å². The lowest BCUT2D eigenvalue weighted by Crippen LogP contribution is -2.40. The number of carbonyl (C=O) groups is 2. The molecule has 0 heterocycles. The van der Waals surface area contributed by atoms with Crippen LogP contribution in [0.4, 0.5) is 21.9 Å². The molecule has 0 unspecified atom stereocenters. The van der Waals surface area contributed by atoms with Crippen molar-refractivity contribution in [3.05, 3.63) is 83.9 Å². The van der Waals surface area contributed by atoms with E-state index in [9.17, 15) is 18.0 Å². The Bertz CT molecular complexity index is 1280. The van der Waals surface area contributed by atoms with Gasteiger partial charge >= 0.3 is 6.03 Å². The number of rotatable bonds is 6. The highest BCUT2D eigenvalue weighted by atomic mass is 32.2. The number of sulfonamides is 1. The zero-order valence-corrected chi connectivity index (χ0v) is 20.3. The molecule has 0 saturated carbocycles. The van der Waals surface area contributed by atoms with E-state index in [1.165, 1.54) is 12.1 Å². The summed E-state index contributed by atoms with van der Waals surface area (Å²) in [6.45, 7) is 6.98. The van der Waals surface area contributed by atoms with Crippen LogP contribution in [-0.4, -0.2) is 25.9 Å². The molecule has 178 valence electrons. The summed E-state index contributed by atoms with van der Waals surface area (Å²) in [5, 5.41) is 8.20. The second-order valence-electron chi connectivity index (χ2n) is 8.81. The summed E-state index contributed by atoms with van der Waals surface area (Å²) in [5.74, 6) is -0.437. The molecule has 0 aromatic heterocycles. The van der Waals surface area contributed by atoms with Gasteiger partial charge in [-0.15, -0.1) is 0 Å². The maximum atomic E-state index is 12.9. The Morgan fingerprint density at radius 3 is 1.82 bits per heavy atom. The predicted octanol–water partition coefficient (Wildman–Crippen LogP) is 4.97. The molecule has 34 heavy (non-hydrogen) atoms. The van der Waals surface area contributed by atoms with E-state index < -0.39 is 21.5 Å². The SMILES string of the molecule is Cc1ccc(S(=O)(=O)NC(C)(C)C)cc1C(=O)Nc1ccc(NC(=O)Nc2ccccc2)cc1. The molecule has 0 fully saturated rings. The first-order valence-corrected chi connectivity index (χ1v) is 12.1. The van der Waals surface area contributed by atoms with Crippen molar-refractivity contribution in [3.63, 3.8) is 0 Å². The Balaban J connectivity index is 1.68. The molecule has 0 aliphatic rings. The lowest BCUT2D eigenvalue weighted by atomic mass is 10.1. The summed E-state index contributed by atoms with van der Waals surface area (Å²) in [6.07, 6.45) is 0. The van der Waals surface area contributed by atoms with Gasteiger partial charge in [0, 0.05) is 28.2 Å². The van der Waals surface area contributed by atoms with E-state index in [0.717, 1.165) is 0 Å². The van der Waals surface area contributed by atoms with Gasteiger partial charge in [-0.2, -0.15) is 0 Å². The number of hydrogen-bond donors (Lipinski definition) is 4. The third kappa shape index (κ3) is 6.90. The van der Waals surface area contributed by atoms with Crippen LogP contribution < -0.4 is 20.7 Å². The van der Waals surface area contributed by atoms with Crippen molar-refractivity contribution in [2.24, 2.45) is 0 Å². The summed E-state index contributed by atoms with van der Waals surface area (Å²) < 4.78 is 27.9. The first-order valence-electron chi connectivity index (χ1n) is 10.6. The van der Waals surface area contributed by atoms with Crippen molar-refractivity contribution < 1.29 is 18.0 Å². The van der Waals surface area contributed by atoms with Gasteiger partial charge in [0.15, 0.2) is 0 Å². The van der Waals surface area contributed by atoms with Gasteiger partial charge < -0.3 is 16.0 Å². The second-order valence-corrected chi connectivity index (χ2v) is 10.5. The summed E-state index contributed by atoms with van der Waals surface area (Å²) >= 11 is 0. The number of aryl methyl sites for hydroxylation is 1. The van der Waals surface area contributed by atoms with Crippen LogP contribution in [0.25, 0.3) is 0 Å². The molecule has 8 nitrogen and oxygen atoms in total. The molecular weight excluding hydrogens is 452 g/mol. The first-order chi connectivity index (χ1) is 15.9. The highest BCUT2D eigenvalue weighted by molar-refractivity contribution is 7.89. The summed E-state index contributed by atoms with van der Waals surface area (Å²) in [4.78, 5) is 25.0. The van der Waals surface area contributed by atoms with Gasteiger partial charge in [-0.1, -0.05) is 24.3 Å². The van der Waals surface area contributed by atoms with Crippen molar-refractivity contribution in [1.29, 1.82) is 0 Å². The molecule has 4 N–H and O–H groups in total. The van der Waals surface area contributed by atoms with Gasteiger partial charge in [-0.05, 0) is 81.8 Å². The fourth-order valence-corrected chi connectivity index (χ4v) is 4.57. The van der Waals surface area contributed by atoms with E-state index >= 15 is 0 Å². The van der Waals surface area contributed by atoms with Crippen molar-refractivity contribution >= 4 is 39.0 Å². The third-order valence-corrected chi connectivity index (χ3v) is 6.39. The van der Waals surface area contributed by atoms with Crippen LogP contribution in [0.3, 0.4) is 0 Å². The lowest BCUT2D eigenvalue weighted by molar-refractivity contribution is 0.102. The van der Waals surface area contributed by atoms with E-state index in [4.69, 9.17) is 0 Å². The maximum absolute atomic E-state index is 12.9. The van der Waals surface area contributed by atoms with E-state index in [-0.39, 0.29) is 16.5 Å². The molecule has 0 radical (unpaired) electrons. The minimum absolute atomic E-state index is 0.0159. The van der Waals surface area contributed by atoms with Gasteiger partial charge in [0.25, 0.3) is 5.91 Å². The molecule has 0 saturated heterocycles. The molecule has 3 aromatic rings. The molecule has 3 amide bonds. The van der Waals surface area contributed by atoms with Crippen LogP contribution in [-0.2, 0) is 10.0 Å². The fourth-order valence-electron chi connectivity index (χ4n) is 3.13. The molecule has 0 atom stereocenters. The average molecular weight is 481 g/mol. The summed E-state index contributed by atoms with van der Waals surface area (Å²) in [6, 6.07) is 19.7. The number of urea groups is 1. The minimum atomic E-state index is -3.78. The molecule has 0 aliphatic carbocycles. The molecule has 0 aliphatic heterocycles. The lowest BCUT2D eigenvalue weighted by Gasteiger charge is -2.20. The second kappa shape index (κ2) is 10.1. The Hall–Kier alpha value is -3.69. The molecule has 0 bridgehead atoms. The maximum Gasteiger partial charge on any atom is 0.323 e. The minimum Gasteiger partial charge on any atom is -0.322 e. The fraction of sp³-hybridized carbons (Fsp3) is 0.200. The van der Waals surface area contributed by atoms with Crippen LogP contribution in [0.5, 0.6) is 0 Å². The summed E-state index contributed by atoms with van der Waals surface area (Å²) in [7, 11) is -3.78. The van der Waals surface area contributed by atoms with Crippen molar-refractivity contribution in [3.8, 4) is 0 Å². The smallest absolute Gasteiger partial charge is 0.322 e. The quantitative estimate of drug-likeness (QED) is 0.399. The van der Waals surface area contributed by atoms with Crippen molar-refractivity contribution in [2.45, 2.75) is 38.1 Å². The van der Waals surface area contributed by atoms with Crippen molar-refractivity contribution in [1.82, 2.24) is 4.72 Å². The zero-order chi connectivity index (χ0) is 24.9. The normalized spacial score (nSPS) is 11.5. The number of carbonyl (C=O) groups excluding carboxylic acids is 2. The van der Waals surface area contributed by atoms with E-state index in [2.05, 4.69) is 20.7 Å². The third-order valence-electron chi connectivity index (χ3n) is 4.64. The number of nitrogens with one attached hydrogen (secondary N) is 4. The highest BCUT2D eigenvalue weighted by Crippen LogP contribution is 2.20. The van der Waals surface area contributed by atoms with Crippen LogP contribution in [0.1, 0.15) is 36.7 Å². The van der Waals surface area contributed by atoms with E-state index in [1.54, 1.807) is 70.2 Å². The number of amides is 3. The van der Waals surface area contributed by atoms with Crippen LogP contribution >= 0.6 is 0 Å². The largest absolute Gasteiger partial charge is 0.323 e. The van der Waals surface area contributed by atoms with Gasteiger partial charge in [-0.3, -0.25) is 4.79 Å².